The van der Waals surface area contributed by atoms with Crippen LogP contribution in [0.1, 0.15) is 54.6 Å². The molecule has 6 aromatic rings. The Bertz CT molecular complexity index is 2390. The number of carbonyl (C=O) groups excluding carboxylic acids is 2. The van der Waals surface area contributed by atoms with Gasteiger partial charge in [-0.1, -0.05) is 59.2 Å². The second-order valence-corrected chi connectivity index (χ2v) is 14.9. The van der Waals surface area contributed by atoms with Gasteiger partial charge in [0.05, 0.1) is 37.1 Å². The number of thioether (sulfide) groups is 1. The van der Waals surface area contributed by atoms with Crippen molar-refractivity contribution < 1.29 is 24.0 Å². The van der Waals surface area contributed by atoms with Gasteiger partial charge in [-0.15, -0.1) is 0 Å². The molecule has 59 heavy (non-hydrogen) atoms. The summed E-state index contributed by atoms with van der Waals surface area (Å²) < 4.78 is 11.8. The van der Waals surface area contributed by atoms with Gasteiger partial charge in [-0.3, -0.25) is 13.8 Å². The van der Waals surface area contributed by atoms with Gasteiger partial charge in [0.1, 0.15) is 34.4 Å². The predicted octanol–water partition coefficient (Wildman–Crippen LogP) is 4.37. The van der Waals surface area contributed by atoms with Crippen molar-refractivity contribution in [1.29, 1.82) is 0 Å². The summed E-state index contributed by atoms with van der Waals surface area (Å²) in [7, 11) is -1.41. The first-order valence-electron chi connectivity index (χ1n) is 17.5. The molecule has 2 amide bonds. The van der Waals surface area contributed by atoms with Crippen molar-refractivity contribution in [1.82, 2.24) is 50.5 Å². The molecule has 4 heterocycles. The summed E-state index contributed by atoms with van der Waals surface area (Å²) in [4.78, 5) is 58.5. The topological polar surface area (TPSA) is 243 Å². The lowest BCUT2D eigenvalue weighted by Gasteiger charge is -2.12. The number of halogens is 2. The fourth-order valence-electron chi connectivity index (χ4n) is 4.95. The van der Waals surface area contributed by atoms with Crippen LogP contribution in [-0.2, 0) is 50.2 Å². The minimum atomic E-state index is -1.41. The van der Waals surface area contributed by atoms with E-state index in [4.69, 9.17) is 23.2 Å². The van der Waals surface area contributed by atoms with Crippen molar-refractivity contribution in [3.8, 4) is 0 Å². The molecule has 0 saturated carbocycles. The highest BCUT2D eigenvalue weighted by Gasteiger charge is 2.18. The Balaban J connectivity index is 0.000000224. The predicted molar refractivity (Wildman–Crippen MR) is 224 cm³/mol. The van der Waals surface area contributed by atoms with Crippen molar-refractivity contribution in [2.75, 3.05) is 23.1 Å². The van der Waals surface area contributed by atoms with E-state index < -0.39 is 16.7 Å². The molecule has 1 unspecified atom stereocenters. The summed E-state index contributed by atoms with van der Waals surface area (Å²) in [6, 6.07) is 14.0. The van der Waals surface area contributed by atoms with E-state index in [0.717, 1.165) is 11.1 Å². The SMILES string of the molecule is CS(=O)c1ncc(C(=O)NCc2ncccn2)c(NCc2ccc(CO)c(Cl)c2)n1.CSc1ncc(C(=O)NCc2ncccn2)c(NCc2ccc(CO)c(Cl)c2)n1. The molecular formula is C38H38Cl2N12O5S2. The van der Waals surface area contributed by atoms with Crippen molar-refractivity contribution in [3.63, 3.8) is 0 Å². The van der Waals surface area contributed by atoms with E-state index in [-0.39, 0.29) is 48.7 Å². The Hall–Kier alpha value is -5.70. The fraction of sp³-hybridized carbons (Fsp3) is 0.211. The number of carbonyl (C=O) groups is 2. The van der Waals surface area contributed by atoms with Crippen LogP contribution in [-0.4, -0.2) is 78.6 Å². The van der Waals surface area contributed by atoms with E-state index in [1.807, 2.05) is 12.3 Å². The molecule has 0 radical (unpaired) electrons. The molecule has 0 bridgehead atoms. The quantitative estimate of drug-likeness (QED) is 0.0584. The van der Waals surface area contributed by atoms with Gasteiger partial charge in [-0.2, -0.15) is 0 Å². The molecule has 0 aliphatic rings. The number of aliphatic hydroxyl groups is 2. The Morgan fingerprint density at radius 3 is 1.56 bits per heavy atom. The maximum absolute atomic E-state index is 12.7. The molecule has 6 N–H and O–H groups in total. The second-order valence-electron chi connectivity index (χ2n) is 12.1. The van der Waals surface area contributed by atoms with Gasteiger partial charge in [0, 0.05) is 66.6 Å². The monoisotopic (exact) mass is 876 g/mol. The van der Waals surface area contributed by atoms with Crippen molar-refractivity contribution in [2.45, 2.75) is 49.7 Å². The Morgan fingerprint density at radius 2 is 1.14 bits per heavy atom. The minimum absolute atomic E-state index is 0.106. The molecule has 6 rings (SSSR count). The van der Waals surface area contributed by atoms with Crippen LogP contribution < -0.4 is 21.3 Å². The largest absolute Gasteiger partial charge is 0.392 e. The molecule has 0 fully saturated rings. The number of benzene rings is 2. The van der Waals surface area contributed by atoms with Gasteiger partial charge < -0.3 is 31.5 Å². The summed E-state index contributed by atoms with van der Waals surface area (Å²) in [5.74, 6) is 0.873. The van der Waals surface area contributed by atoms with E-state index in [1.54, 1.807) is 67.3 Å². The molecular weight excluding hydrogens is 840 g/mol. The minimum Gasteiger partial charge on any atom is -0.392 e. The van der Waals surface area contributed by atoms with E-state index >= 15 is 0 Å². The smallest absolute Gasteiger partial charge is 0.256 e. The third-order valence-electron chi connectivity index (χ3n) is 8.01. The zero-order chi connectivity index (χ0) is 42.1. The number of nitrogens with one attached hydrogen (secondary N) is 4. The molecule has 17 nitrogen and oxygen atoms in total. The van der Waals surface area contributed by atoms with Gasteiger partial charge in [-0.05, 0) is 52.8 Å². The van der Waals surface area contributed by atoms with E-state index in [1.165, 1.54) is 30.4 Å². The molecule has 306 valence electrons. The van der Waals surface area contributed by atoms with Crippen LogP contribution in [0.4, 0.5) is 11.6 Å². The fourth-order valence-corrected chi connectivity index (χ4v) is 6.24. The highest BCUT2D eigenvalue weighted by atomic mass is 35.5. The van der Waals surface area contributed by atoms with Gasteiger partial charge in [0.15, 0.2) is 5.16 Å². The van der Waals surface area contributed by atoms with Crippen LogP contribution in [0.3, 0.4) is 0 Å². The number of anilines is 2. The van der Waals surface area contributed by atoms with Crippen LogP contribution in [0.2, 0.25) is 10.0 Å². The maximum atomic E-state index is 12.7. The van der Waals surface area contributed by atoms with Crippen LogP contribution in [0.15, 0.2) is 96.0 Å². The standard InChI is InChI=1S/C19H19ClN6O3S.C19H19ClN6O2S/c1-30(29)19-25-9-14(18(28)24-10-16-21-5-2-6-22-16)17(26-19)23-8-12-3-4-13(11-27)15(20)7-12;1-29-19-25-9-14(18(28)24-10-16-21-5-2-6-22-16)17(26-19)23-8-12-3-4-13(11-27)15(20)7-12/h2-7,9,27H,8,10-11H2,1H3,(H,24,28)(H,23,25,26);2-7,9,27H,8,10-11H2,1H3,(H,24,28)(H,23,25,26). The lowest BCUT2D eigenvalue weighted by Crippen LogP contribution is -2.26. The number of amides is 2. The lowest BCUT2D eigenvalue weighted by atomic mass is 10.1. The zero-order valence-corrected chi connectivity index (χ0v) is 34.7. The number of rotatable bonds is 16. The van der Waals surface area contributed by atoms with Gasteiger partial charge in [0.25, 0.3) is 11.8 Å². The summed E-state index contributed by atoms with van der Waals surface area (Å²) >= 11 is 13.7. The third-order valence-corrected chi connectivity index (χ3v) is 9.99. The summed E-state index contributed by atoms with van der Waals surface area (Å²) in [6.45, 7) is 0.767. The first-order chi connectivity index (χ1) is 28.6. The van der Waals surface area contributed by atoms with Gasteiger partial charge >= 0.3 is 0 Å². The number of aromatic nitrogens is 8. The van der Waals surface area contributed by atoms with Gasteiger partial charge in [-0.25, -0.2) is 39.9 Å². The van der Waals surface area contributed by atoms with Crippen LogP contribution in [0.25, 0.3) is 0 Å². The molecule has 0 aliphatic carbocycles. The average Bonchev–Trinajstić information content (AvgIpc) is 3.26. The number of hydrogen-bond acceptors (Lipinski definition) is 16. The normalized spacial score (nSPS) is 11.2. The number of aliphatic hydroxyl groups excluding tert-OH is 2. The first-order valence-corrected chi connectivity index (χ1v) is 21.1. The van der Waals surface area contributed by atoms with Crippen molar-refractivity contribution >= 4 is 69.2 Å². The highest BCUT2D eigenvalue weighted by Crippen LogP contribution is 2.22. The molecule has 0 aliphatic heterocycles. The Labute approximate surface area is 355 Å². The highest BCUT2D eigenvalue weighted by molar-refractivity contribution is 7.98. The molecule has 1 atom stereocenters. The average molecular weight is 878 g/mol. The van der Waals surface area contributed by atoms with Crippen LogP contribution in [0.5, 0.6) is 0 Å². The summed E-state index contributed by atoms with van der Waals surface area (Å²) in [5.41, 5.74) is 3.49. The second kappa shape index (κ2) is 22.4. The maximum Gasteiger partial charge on any atom is 0.256 e. The van der Waals surface area contributed by atoms with Crippen molar-refractivity contribution in [2.24, 2.45) is 0 Å². The van der Waals surface area contributed by atoms with E-state index in [2.05, 4.69) is 61.1 Å². The Morgan fingerprint density at radius 1 is 0.678 bits per heavy atom. The molecule has 2 aromatic carbocycles. The Kier molecular flexibility index (Phi) is 16.9. The molecule has 4 aromatic heterocycles. The van der Waals surface area contributed by atoms with E-state index in [0.29, 0.717) is 62.4 Å². The van der Waals surface area contributed by atoms with Gasteiger partial charge in [0.2, 0.25) is 5.16 Å². The zero-order valence-electron chi connectivity index (χ0n) is 31.6. The number of nitrogens with zero attached hydrogens (tertiary/aromatic N) is 8. The molecule has 0 spiro atoms. The summed E-state index contributed by atoms with van der Waals surface area (Å²) in [6.07, 6.45) is 12.5. The molecule has 0 saturated heterocycles. The lowest BCUT2D eigenvalue weighted by molar-refractivity contribution is 0.0941. The van der Waals surface area contributed by atoms with Crippen LogP contribution >= 0.6 is 35.0 Å². The molecule has 21 heteroatoms. The first kappa shape index (κ1) is 44.4. The summed E-state index contributed by atoms with van der Waals surface area (Å²) in [5, 5.41) is 31.8. The van der Waals surface area contributed by atoms with Crippen molar-refractivity contribution in [3.05, 3.63) is 141 Å². The van der Waals surface area contributed by atoms with E-state index in [9.17, 15) is 24.0 Å². The number of hydrogen-bond donors (Lipinski definition) is 6. The third kappa shape index (κ3) is 13.2. The van der Waals surface area contributed by atoms with Crippen LogP contribution in [0, 0.1) is 0 Å².